The Bertz CT molecular complexity index is 620. The van der Waals surface area contributed by atoms with Crippen molar-refractivity contribution in [3.05, 3.63) is 24.3 Å². The van der Waals surface area contributed by atoms with Crippen molar-refractivity contribution in [1.29, 1.82) is 0 Å². The number of amides is 4. The number of hydrogen-bond donors (Lipinski definition) is 3. The van der Waals surface area contributed by atoms with Crippen molar-refractivity contribution in [3.63, 3.8) is 0 Å². The normalized spacial score (nSPS) is 19.6. The van der Waals surface area contributed by atoms with Gasteiger partial charge in [0.2, 0.25) is 0 Å². The number of nitrogens with zero attached hydrogens (tertiary/aromatic N) is 2. The first-order valence-electron chi connectivity index (χ1n) is 7.17. The van der Waals surface area contributed by atoms with Crippen molar-refractivity contribution < 1.29 is 29.1 Å². The van der Waals surface area contributed by atoms with E-state index in [9.17, 15) is 29.1 Å². The molecule has 0 saturated carbocycles. The Balaban J connectivity index is 2.00. The van der Waals surface area contributed by atoms with Gasteiger partial charge in [-0.3, -0.25) is 24.0 Å². The highest BCUT2D eigenvalue weighted by atomic mass is 16.3. The van der Waals surface area contributed by atoms with Gasteiger partial charge in [-0.25, -0.2) is 20.9 Å². The smallest absolute Gasteiger partial charge is 0.268 e. The lowest BCUT2D eigenvalue weighted by Gasteiger charge is -2.27. The van der Waals surface area contributed by atoms with Crippen LogP contribution in [-0.4, -0.2) is 63.2 Å². The summed E-state index contributed by atoms with van der Waals surface area (Å²) in [5, 5.41) is 11.3. The molecule has 2 atom stereocenters. The van der Waals surface area contributed by atoms with E-state index in [4.69, 9.17) is 0 Å². The van der Waals surface area contributed by atoms with E-state index in [1.807, 2.05) is 0 Å². The van der Waals surface area contributed by atoms with Crippen LogP contribution < -0.4 is 10.9 Å². The molecule has 0 saturated heterocycles. The number of carbonyl (C=O) groups is 5. The molecular formula is C14H16N4O6. The Morgan fingerprint density at radius 1 is 1.00 bits per heavy atom. The summed E-state index contributed by atoms with van der Waals surface area (Å²) in [6.07, 6.45) is 3.15. The second-order valence-electron chi connectivity index (χ2n) is 5.07. The van der Waals surface area contributed by atoms with Crippen LogP contribution in [-0.2, 0) is 24.0 Å². The summed E-state index contributed by atoms with van der Waals surface area (Å²) in [7, 11) is 0. The molecule has 2 aliphatic rings. The zero-order chi connectivity index (χ0) is 17.9. The van der Waals surface area contributed by atoms with Crippen LogP contribution in [0.1, 0.15) is 13.3 Å². The number of hydrazine groups is 2. The molecule has 0 aromatic heterocycles. The number of Topliss-reactive ketones (excluding diaryl/α,β-unsaturated/α-hetero) is 1. The van der Waals surface area contributed by atoms with Crippen molar-refractivity contribution in [2.75, 3.05) is 6.54 Å². The number of imide groups is 2. The van der Waals surface area contributed by atoms with Crippen molar-refractivity contribution in [2.24, 2.45) is 0 Å². The van der Waals surface area contributed by atoms with Gasteiger partial charge in [0, 0.05) is 24.3 Å². The molecule has 3 N–H and O–H groups in total. The van der Waals surface area contributed by atoms with E-state index in [-0.39, 0.29) is 6.42 Å². The molecule has 2 unspecified atom stereocenters. The van der Waals surface area contributed by atoms with Gasteiger partial charge in [0.15, 0.2) is 5.78 Å². The number of aliphatic hydroxyl groups is 1. The van der Waals surface area contributed by atoms with Gasteiger partial charge in [-0.2, -0.15) is 0 Å². The number of ketones is 1. The molecule has 10 heteroatoms. The molecule has 0 aliphatic carbocycles. The molecule has 2 heterocycles. The van der Waals surface area contributed by atoms with Crippen LogP contribution in [0.25, 0.3) is 0 Å². The molecule has 0 fully saturated rings. The summed E-state index contributed by atoms with van der Waals surface area (Å²) in [5.74, 6) is -3.21. The van der Waals surface area contributed by atoms with Gasteiger partial charge in [-0.1, -0.05) is 6.92 Å². The molecule has 24 heavy (non-hydrogen) atoms. The van der Waals surface area contributed by atoms with Crippen molar-refractivity contribution >= 4 is 29.4 Å². The third-order valence-corrected chi connectivity index (χ3v) is 3.45. The summed E-state index contributed by atoms with van der Waals surface area (Å²) in [4.78, 5) is 58.2. The highest BCUT2D eigenvalue weighted by Crippen LogP contribution is 2.07. The first kappa shape index (κ1) is 17.7. The lowest BCUT2D eigenvalue weighted by atomic mass is 10.0. The second kappa shape index (κ2) is 7.25. The quantitative estimate of drug-likeness (QED) is 0.416. The van der Waals surface area contributed by atoms with Crippen LogP contribution in [0.3, 0.4) is 0 Å². The fourth-order valence-electron chi connectivity index (χ4n) is 2.10. The SMILES string of the molecule is CCC(O)C(NN1C(=O)C=CC1=O)C(=O)CNN1C(=O)C=CC1=O. The fraction of sp³-hybridized carbons (Fsp3) is 0.357. The summed E-state index contributed by atoms with van der Waals surface area (Å²) < 4.78 is 0. The van der Waals surface area contributed by atoms with E-state index in [1.165, 1.54) is 0 Å². The summed E-state index contributed by atoms with van der Waals surface area (Å²) in [6.45, 7) is 1.15. The molecule has 2 rings (SSSR count). The van der Waals surface area contributed by atoms with Gasteiger partial charge < -0.3 is 5.11 Å². The predicted molar refractivity (Wildman–Crippen MR) is 78.2 cm³/mol. The van der Waals surface area contributed by atoms with Gasteiger partial charge in [0.05, 0.1) is 12.6 Å². The molecular weight excluding hydrogens is 320 g/mol. The van der Waals surface area contributed by atoms with Crippen molar-refractivity contribution in [2.45, 2.75) is 25.5 Å². The Morgan fingerprint density at radius 2 is 1.46 bits per heavy atom. The lowest BCUT2D eigenvalue weighted by molar-refractivity contribution is -0.143. The second-order valence-corrected chi connectivity index (χ2v) is 5.07. The Hall–Kier alpha value is -2.69. The number of carbonyl (C=O) groups excluding carboxylic acids is 5. The molecule has 0 radical (unpaired) electrons. The lowest BCUT2D eigenvalue weighted by Crippen LogP contribution is -2.58. The predicted octanol–water partition coefficient (Wildman–Crippen LogP) is -2.45. The van der Waals surface area contributed by atoms with Crippen LogP contribution >= 0.6 is 0 Å². The van der Waals surface area contributed by atoms with Crippen molar-refractivity contribution in [1.82, 2.24) is 20.9 Å². The van der Waals surface area contributed by atoms with E-state index >= 15 is 0 Å². The van der Waals surface area contributed by atoms with E-state index in [2.05, 4.69) is 10.9 Å². The Kier molecular flexibility index (Phi) is 5.34. The van der Waals surface area contributed by atoms with Crippen LogP contribution in [0.4, 0.5) is 0 Å². The number of rotatable bonds is 8. The van der Waals surface area contributed by atoms with E-state index < -0.39 is 48.1 Å². The molecule has 10 nitrogen and oxygen atoms in total. The van der Waals surface area contributed by atoms with Gasteiger partial charge in [-0.05, 0) is 6.42 Å². The minimum atomic E-state index is -1.27. The summed E-state index contributed by atoms with van der Waals surface area (Å²) in [6, 6.07) is -1.27. The molecule has 128 valence electrons. The van der Waals surface area contributed by atoms with Crippen LogP contribution in [0.2, 0.25) is 0 Å². The van der Waals surface area contributed by atoms with Crippen molar-refractivity contribution in [3.8, 4) is 0 Å². The average molecular weight is 336 g/mol. The minimum Gasteiger partial charge on any atom is -0.391 e. The minimum absolute atomic E-state index is 0.177. The van der Waals surface area contributed by atoms with E-state index in [0.29, 0.717) is 10.0 Å². The van der Waals surface area contributed by atoms with Crippen LogP contribution in [0, 0.1) is 0 Å². The third-order valence-electron chi connectivity index (χ3n) is 3.45. The number of aliphatic hydroxyl groups excluding tert-OH is 1. The van der Waals surface area contributed by atoms with Gasteiger partial charge >= 0.3 is 0 Å². The highest BCUT2D eigenvalue weighted by molar-refractivity contribution is 6.13. The Labute approximate surface area is 136 Å². The van der Waals surface area contributed by atoms with Gasteiger partial charge in [0.1, 0.15) is 6.04 Å². The topological polar surface area (TPSA) is 136 Å². The zero-order valence-corrected chi connectivity index (χ0v) is 12.8. The average Bonchev–Trinajstić information content (AvgIpc) is 3.04. The largest absolute Gasteiger partial charge is 0.391 e. The molecule has 0 aromatic rings. The maximum atomic E-state index is 12.3. The van der Waals surface area contributed by atoms with E-state index in [0.717, 1.165) is 24.3 Å². The monoisotopic (exact) mass is 336 g/mol. The van der Waals surface area contributed by atoms with Crippen LogP contribution in [0.5, 0.6) is 0 Å². The fourth-order valence-corrected chi connectivity index (χ4v) is 2.10. The first-order valence-corrected chi connectivity index (χ1v) is 7.17. The molecule has 0 aromatic carbocycles. The zero-order valence-electron chi connectivity index (χ0n) is 12.8. The van der Waals surface area contributed by atoms with Gasteiger partial charge in [-0.15, -0.1) is 0 Å². The Morgan fingerprint density at radius 3 is 1.92 bits per heavy atom. The van der Waals surface area contributed by atoms with Gasteiger partial charge in [0.25, 0.3) is 23.6 Å². The summed E-state index contributed by atoms with van der Waals surface area (Å²) >= 11 is 0. The third kappa shape index (κ3) is 3.62. The van der Waals surface area contributed by atoms with E-state index in [1.54, 1.807) is 6.92 Å². The maximum Gasteiger partial charge on any atom is 0.268 e. The molecule has 4 amide bonds. The molecule has 2 aliphatic heterocycles. The number of nitrogens with one attached hydrogen (secondary N) is 2. The standard InChI is InChI=1S/C14H16N4O6/c1-2-8(19)14(16-18-12(23)5-6-13(18)24)9(20)7-15-17-10(21)3-4-11(17)22/h3-6,8,14-16,19H,2,7H2,1H3. The first-order chi connectivity index (χ1) is 11.3. The maximum absolute atomic E-state index is 12.3. The molecule has 0 spiro atoms. The van der Waals surface area contributed by atoms with Crippen LogP contribution in [0.15, 0.2) is 24.3 Å². The summed E-state index contributed by atoms with van der Waals surface area (Å²) in [5.41, 5.74) is 4.75. The number of hydrogen-bond acceptors (Lipinski definition) is 8. The molecule has 0 bridgehead atoms. The highest BCUT2D eigenvalue weighted by Gasteiger charge is 2.33.